The summed E-state index contributed by atoms with van der Waals surface area (Å²) in [6.45, 7) is 6.63. The number of hydrogen-bond acceptors (Lipinski definition) is 3. The minimum absolute atomic E-state index is 0.757. The maximum atomic E-state index is 5.84. The topological polar surface area (TPSA) is 25.1 Å². The maximum Gasteiger partial charge on any atom is 0.214 e. The first-order valence-corrected chi connectivity index (χ1v) is 7.60. The molecule has 0 bridgehead atoms. The van der Waals surface area contributed by atoms with Crippen molar-refractivity contribution in [3.63, 3.8) is 0 Å². The number of rotatable bonds is 7. The molecular weight excluding hydrogens is 248 g/mol. The first kappa shape index (κ1) is 13.4. The van der Waals surface area contributed by atoms with Crippen molar-refractivity contribution < 1.29 is 4.74 Å². The number of hydrogen-bond donors (Lipinski definition) is 0. The van der Waals surface area contributed by atoms with Crippen LogP contribution in [0.1, 0.15) is 25.3 Å². The molecule has 3 nitrogen and oxygen atoms in total. The van der Waals surface area contributed by atoms with Crippen LogP contribution in [0.15, 0.2) is 30.3 Å². The minimum Gasteiger partial charge on any atom is -0.478 e. The van der Waals surface area contributed by atoms with Crippen LogP contribution in [0.5, 0.6) is 5.88 Å². The summed E-state index contributed by atoms with van der Waals surface area (Å²) in [5, 5.41) is 1.26. The van der Waals surface area contributed by atoms with Gasteiger partial charge in [-0.1, -0.05) is 31.5 Å². The van der Waals surface area contributed by atoms with Crippen molar-refractivity contribution in [2.24, 2.45) is 0 Å². The highest BCUT2D eigenvalue weighted by Crippen LogP contribution is 2.23. The zero-order chi connectivity index (χ0) is 13.8. The molecule has 1 aromatic heterocycles. The summed E-state index contributed by atoms with van der Waals surface area (Å²) in [7, 11) is 0. The number of fused-ring (bicyclic) bond motifs is 1. The van der Waals surface area contributed by atoms with E-state index in [0.29, 0.717) is 0 Å². The van der Waals surface area contributed by atoms with E-state index in [1.165, 1.54) is 24.0 Å². The zero-order valence-electron chi connectivity index (χ0n) is 12.1. The predicted molar refractivity (Wildman–Crippen MR) is 82.3 cm³/mol. The highest BCUT2D eigenvalue weighted by molar-refractivity contribution is 5.82. The number of pyridine rings is 1. The monoisotopic (exact) mass is 270 g/mol. The van der Waals surface area contributed by atoms with E-state index in [1.54, 1.807) is 0 Å². The third-order valence-corrected chi connectivity index (χ3v) is 3.71. The normalized spacial score (nSPS) is 14.7. The Hall–Kier alpha value is -1.61. The Kier molecular flexibility index (Phi) is 4.16. The summed E-state index contributed by atoms with van der Waals surface area (Å²) in [5.74, 6) is 0.776. The summed E-state index contributed by atoms with van der Waals surface area (Å²) in [6.07, 6.45) is 3.30. The summed E-state index contributed by atoms with van der Waals surface area (Å²) < 4.78 is 5.84. The highest BCUT2D eigenvalue weighted by atomic mass is 16.5. The van der Waals surface area contributed by atoms with Gasteiger partial charge in [0.2, 0.25) is 5.88 Å². The number of para-hydroxylation sites is 1. The van der Waals surface area contributed by atoms with E-state index >= 15 is 0 Å². The average molecular weight is 270 g/mol. The van der Waals surface area contributed by atoms with Crippen LogP contribution in [0.4, 0.5) is 0 Å². The molecular formula is C17H22N2O. The van der Waals surface area contributed by atoms with Gasteiger partial charge in [-0.15, -0.1) is 0 Å². The van der Waals surface area contributed by atoms with Crippen LogP contribution >= 0.6 is 0 Å². The molecule has 0 amide bonds. The van der Waals surface area contributed by atoms with E-state index < -0.39 is 0 Å². The fraction of sp³-hybridized carbons (Fsp3) is 0.471. The Morgan fingerprint density at radius 3 is 2.90 bits per heavy atom. The van der Waals surface area contributed by atoms with Crippen LogP contribution in [0, 0.1) is 0 Å². The molecule has 20 heavy (non-hydrogen) atoms. The van der Waals surface area contributed by atoms with Crippen molar-refractivity contribution >= 4 is 10.9 Å². The molecule has 0 saturated carbocycles. The number of benzene rings is 1. The van der Waals surface area contributed by atoms with Crippen LogP contribution in [0.3, 0.4) is 0 Å². The molecule has 0 spiro atoms. The lowest BCUT2D eigenvalue weighted by Gasteiger charge is -2.10. The van der Waals surface area contributed by atoms with E-state index in [1.807, 2.05) is 6.07 Å². The zero-order valence-corrected chi connectivity index (χ0v) is 12.1. The maximum absolute atomic E-state index is 5.84. The summed E-state index contributed by atoms with van der Waals surface area (Å²) in [5.41, 5.74) is 2.39. The lowest BCUT2D eigenvalue weighted by Crippen LogP contribution is -2.07. The van der Waals surface area contributed by atoms with Crippen LogP contribution in [0.25, 0.3) is 10.9 Å². The van der Waals surface area contributed by atoms with Crippen LogP contribution in [0.2, 0.25) is 0 Å². The molecule has 0 N–H and O–H groups in total. The van der Waals surface area contributed by atoms with Gasteiger partial charge in [-0.2, -0.15) is 0 Å². The third-order valence-electron chi connectivity index (χ3n) is 3.71. The molecule has 1 aromatic carbocycles. The molecule has 1 aliphatic rings. The Balaban J connectivity index is 1.72. The third kappa shape index (κ3) is 3.28. The second kappa shape index (κ2) is 6.23. The quantitative estimate of drug-likeness (QED) is 0.570. The van der Waals surface area contributed by atoms with Crippen molar-refractivity contribution in [1.29, 1.82) is 0 Å². The summed E-state index contributed by atoms with van der Waals surface area (Å²) >= 11 is 0. The molecule has 106 valence electrons. The van der Waals surface area contributed by atoms with E-state index in [4.69, 9.17) is 4.74 Å². The predicted octanol–water partition coefficient (Wildman–Crippen LogP) is 3.27. The van der Waals surface area contributed by atoms with E-state index in [2.05, 4.69) is 41.1 Å². The van der Waals surface area contributed by atoms with Crippen LogP contribution in [-0.4, -0.2) is 36.1 Å². The number of ether oxygens (including phenoxy) is 1. The molecule has 0 aliphatic carbocycles. The van der Waals surface area contributed by atoms with Gasteiger partial charge < -0.3 is 9.64 Å². The number of nitrogens with zero attached hydrogens (tertiary/aromatic N) is 2. The van der Waals surface area contributed by atoms with Gasteiger partial charge in [-0.25, -0.2) is 4.98 Å². The second-order valence-corrected chi connectivity index (χ2v) is 5.43. The molecule has 0 radical (unpaired) electrons. The van der Waals surface area contributed by atoms with E-state index in [9.17, 15) is 0 Å². The Labute approximate surface area is 120 Å². The highest BCUT2D eigenvalue weighted by Gasteiger charge is 2.15. The van der Waals surface area contributed by atoms with Crippen molar-refractivity contribution in [2.45, 2.75) is 26.2 Å². The first-order valence-electron chi connectivity index (χ1n) is 7.60. The lowest BCUT2D eigenvalue weighted by atomic mass is 10.1. The molecule has 1 fully saturated rings. The molecule has 3 heteroatoms. The SMILES string of the molecule is CCCc1cc(OCCCN2CC2)nc2ccccc12. The molecule has 3 rings (SSSR count). The van der Waals surface area contributed by atoms with Gasteiger partial charge in [0.15, 0.2) is 0 Å². The Morgan fingerprint density at radius 2 is 2.10 bits per heavy atom. The van der Waals surface area contributed by atoms with E-state index in [-0.39, 0.29) is 0 Å². The first-order chi connectivity index (χ1) is 9.86. The van der Waals surface area contributed by atoms with Crippen molar-refractivity contribution in [1.82, 2.24) is 9.88 Å². The van der Waals surface area contributed by atoms with Crippen molar-refractivity contribution in [2.75, 3.05) is 26.2 Å². The number of aryl methyl sites for hydroxylation is 1. The van der Waals surface area contributed by atoms with Gasteiger partial charge in [-0.3, -0.25) is 0 Å². The summed E-state index contributed by atoms with van der Waals surface area (Å²) in [4.78, 5) is 7.03. The van der Waals surface area contributed by atoms with Crippen molar-refractivity contribution in [3.8, 4) is 5.88 Å². The fourth-order valence-corrected chi connectivity index (χ4v) is 2.53. The fourth-order valence-electron chi connectivity index (χ4n) is 2.53. The molecule has 0 unspecified atom stereocenters. The van der Waals surface area contributed by atoms with Gasteiger partial charge in [0, 0.05) is 31.1 Å². The van der Waals surface area contributed by atoms with E-state index in [0.717, 1.165) is 43.8 Å². The van der Waals surface area contributed by atoms with Gasteiger partial charge in [0.1, 0.15) is 0 Å². The molecule has 2 aromatic rings. The van der Waals surface area contributed by atoms with Crippen molar-refractivity contribution in [3.05, 3.63) is 35.9 Å². The largest absolute Gasteiger partial charge is 0.478 e. The smallest absolute Gasteiger partial charge is 0.214 e. The number of aromatic nitrogens is 1. The van der Waals surface area contributed by atoms with Gasteiger partial charge in [0.25, 0.3) is 0 Å². The Bertz CT molecular complexity index is 578. The molecule has 2 heterocycles. The van der Waals surface area contributed by atoms with Gasteiger partial charge in [0.05, 0.1) is 12.1 Å². The standard InChI is InChI=1S/C17H22N2O/c1-2-6-14-13-17(20-12-5-9-19-10-11-19)18-16-8-4-3-7-15(14)16/h3-4,7-8,13H,2,5-6,9-12H2,1H3. The lowest BCUT2D eigenvalue weighted by molar-refractivity contribution is 0.289. The molecule has 0 atom stereocenters. The van der Waals surface area contributed by atoms with Crippen LogP contribution in [-0.2, 0) is 6.42 Å². The minimum atomic E-state index is 0.757. The van der Waals surface area contributed by atoms with Gasteiger partial charge in [-0.05, 0) is 24.5 Å². The summed E-state index contributed by atoms with van der Waals surface area (Å²) in [6, 6.07) is 10.4. The average Bonchev–Trinajstić information content (AvgIpc) is 3.28. The van der Waals surface area contributed by atoms with Gasteiger partial charge >= 0.3 is 0 Å². The Morgan fingerprint density at radius 1 is 1.25 bits per heavy atom. The second-order valence-electron chi connectivity index (χ2n) is 5.43. The molecule has 1 aliphatic heterocycles. The molecule has 1 saturated heterocycles. The van der Waals surface area contributed by atoms with Crippen LogP contribution < -0.4 is 4.74 Å².